The third-order valence-corrected chi connectivity index (χ3v) is 7.76. The van der Waals surface area contributed by atoms with E-state index in [1.165, 1.54) is 58.2 Å². The van der Waals surface area contributed by atoms with Crippen molar-refractivity contribution in [2.75, 3.05) is 32.7 Å². The second-order valence-corrected chi connectivity index (χ2v) is 9.71. The topological polar surface area (TPSA) is 47.3 Å². The Bertz CT molecular complexity index is 554. The Labute approximate surface area is 158 Å². The minimum Gasteiger partial charge on any atom is -0.461 e. The largest absolute Gasteiger partial charge is 0.461 e. The van der Waals surface area contributed by atoms with E-state index in [4.69, 9.17) is 4.74 Å². The molecule has 4 aliphatic rings. The fourth-order valence-corrected chi connectivity index (χ4v) is 6.22. The molecule has 146 valence electrons. The first kappa shape index (κ1) is 18.5. The number of fused-ring (bicyclic) bond motifs is 2. The van der Waals surface area contributed by atoms with Gasteiger partial charge in [0.15, 0.2) is 0 Å². The Morgan fingerprint density at radius 2 is 2.08 bits per heavy atom. The molecule has 0 amide bonds. The standard InChI is InChI=1S/C22H36N2O2/c1-16-7-6-8-22(2)14-20-17(13-19(16)22)18(21(25)26-20)15-23-9-12-24-10-4-3-5-11-24/h13,16-18,20,23H,3-12,14-15H2,1-2H3/p+2/t16-,17-,18+,20-,22-/m1/s1. The minimum atomic E-state index is 0.0633. The van der Waals surface area contributed by atoms with E-state index in [1.54, 1.807) is 10.5 Å². The highest BCUT2D eigenvalue weighted by Crippen LogP contribution is 2.53. The molecule has 4 rings (SSSR count). The SMILES string of the molecule is C[C@@H]1CCC[C@]2(C)C[C@H]3OC(=O)[C@@H](C[NH2+]CC[NH+]4CCCCC4)[C@H]3C=C12. The number of nitrogens with two attached hydrogens (primary N) is 1. The summed E-state index contributed by atoms with van der Waals surface area (Å²) in [6.07, 6.45) is 11.7. The molecule has 4 heteroatoms. The Morgan fingerprint density at radius 1 is 1.27 bits per heavy atom. The van der Waals surface area contributed by atoms with Crippen LogP contribution < -0.4 is 10.2 Å². The smallest absolute Gasteiger partial charge is 0.315 e. The molecule has 0 unspecified atom stereocenters. The lowest BCUT2D eigenvalue weighted by Crippen LogP contribution is -3.15. The third-order valence-electron chi connectivity index (χ3n) is 7.76. The molecule has 0 spiro atoms. The molecule has 26 heavy (non-hydrogen) atoms. The molecule has 0 aromatic rings. The number of piperidine rings is 1. The van der Waals surface area contributed by atoms with Crippen molar-refractivity contribution in [1.82, 2.24) is 0 Å². The monoisotopic (exact) mass is 362 g/mol. The number of carbonyl (C=O) groups excluding carboxylic acids is 1. The highest BCUT2D eigenvalue weighted by molar-refractivity contribution is 5.76. The molecule has 0 aromatic heterocycles. The van der Waals surface area contributed by atoms with Crippen molar-refractivity contribution in [1.29, 1.82) is 0 Å². The van der Waals surface area contributed by atoms with Crippen LogP contribution in [0.1, 0.15) is 58.8 Å². The van der Waals surface area contributed by atoms with E-state index in [9.17, 15) is 4.79 Å². The van der Waals surface area contributed by atoms with E-state index in [0.717, 1.165) is 19.5 Å². The minimum absolute atomic E-state index is 0.0633. The summed E-state index contributed by atoms with van der Waals surface area (Å²) in [4.78, 5) is 14.3. The van der Waals surface area contributed by atoms with Gasteiger partial charge in [-0.3, -0.25) is 4.79 Å². The zero-order valence-electron chi connectivity index (χ0n) is 16.8. The van der Waals surface area contributed by atoms with Gasteiger partial charge in [-0.15, -0.1) is 0 Å². The fourth-order valence-electron chi connectivity index (χ4n) is 6.22. The van der Waals surface area contributed by atoms with E-state index in [-0.39, 0.29) is 23.4 Å². The summed E-state index contributed by atoms with van der Waals surface area (Å²) < 4.78 is 5.87. The number of hydrogen-bond donors (Lipinski definition) is 2. The molecule has 2 heterocycles. The van der Waals surface area contributed by atoms with Crippen LogP contribution >= 0.6 is 0 Å². The molecule has 3 N–H and O–H groups in total. The van der Waals surface area contributed by atoms with E-state index in [1.807, 2.05) is 0 Å². The van der Waals surface area contributed by atoms with Gasteiger partial charge in [-0.05, 0) is 49.9 Å². The predicted molar refractivity (Wildman–Crippen MR) is 102 cm³/mol. The Kier molecular flexibility index (Phi) is 5.43. The highest BCUT2D eigenvalue weighted by atomic mass is 16.6. The van der Waals surface area contributed by atoms with Gasteiger partial charge in [-0.25, -0.2) is 0 Å². The first-order chi connectivity index (χ1) is 12.6. The molecule has 1 saturated carbocycles. The number of hydrogen-bond acceptors (Lipinski definition) is 2. The predicted octanol–water partition coefficient (Wildman–Crippen LogP) is 0.933. The summed E-state index contributed by atoms with van der Waals surface area (Å²) in [6.45, 7) is 10.7. The fraction of sp³-hybridized carbons (Fsp3) is 0.864. The van der Waals surface area contributed by atoms with Crippen LogP contribution in [0.15, 0.2) is 11.6 Å². The average Bonchev–Trinajstić information content (AvgIpc) is 2.92. The number of quaternary nitrogens is 2. The van der Waals surface area contributed by atoms with Crippen LogP contribution in [0.4, 0.5) is 0 Å². The molecule has 5 atom stereocenters. The van der Waals surface area contributed by atoms with Crippen molar-refractivity contribution in [3.8, 4) is 0 Å². The van der Waals surface area contributed by atoms with E-state index < -0.39 is 0 Å². The van der Waals surface area contributed by atoms with Gasteiger partial charge in [0.25, 0.3) is 0 Å². The lowest BCUT2D eigenvalue weighted by atomic mass is 9.59. The summed E-state index contributed by atoms with van der Waals surface area (Å²) in [7, 11) is 0. The summed E-state index contributed by atoms with van der Waals surface area (Å²) in [6, 6.07) is 0. The second-order valence-electron chi connectivity index (χ2n) is 9.71. The number of carbonyl (C=O) groups is 1. The summed E-state index contributed by atoms with van der Waals surface area (Å²) in [5.74, 6) is 1.14. The Balaban J connectivity index is 1.35. The maximum atomic E-state index is 12.6. The maximum Gasteiger partial charge on any atom is 0.315 e. The zero-order valence-corrected chi connectivity index (χ0v) is 16.8. The number of ether oxygens (including phenoxy) is 1. The van der Waals surface area contributed by atoms with Crippen LogP contribution in [0.3, 0.4) is 0 Å². The molecule has 2 saturated heterocycles. The van der Waals surface area contributed by atoms with Crippen molar-refractivity contribution in [3.63, 3.8) is 0 Å². The van der Waals surface area contributed by atoms with Crippen molar-refractivity contribution >= 4 is 5.97 Å². The van der Waals surface area contributed by atoms with Crippen LogP contribution in [0, 0.1) is 23.2 Å². The van der Waals surface area contributed by atoms with Gasteiger partial charge in [0, 0.05) is 5.92 Å². The van der Waals surface area contributed by atoms with Gasteiger partial charge in [-0.2, -0.15) is 0 Å². The summed E-state index contributed by atoms with van der Waals surface area (Å²) >= 11 is 0. The number of esters is 1. The van der Waals surface area contributed by atoms with E-state index in [0.29, 0.717) is 11.8 Å². The number of rotatable bonds is 5. The highest BCUT2D eigenvalue weighted by Gasteiger charge is 2.52. The average molecular weight is 363 g/mol. The van der Waals surface area contributed by atoms with Gasteiger partial charge >= 0.3 is 5.97 Å². The van der Waals surface area contributed by atoms with Crippen molar-refractivity contribution in [3.05, 3.63) is 11.6 Å². The second kappa shape index (κ2) is 7.63. The van der Waals surface area contributed by atoms with Gasteiger partial charge in [0.1, 0.15) is 25.1 Å². The Morgan fingerprint density at radius 3 is 2.88 bits per heavy atom. The molecular formula is C22H38N2O2+2. The maximum absolute atomic E-state index is 12.6. The summed E-state index contributed by atoms with van der Waals surface area (Å²) in [5.41, 5.74) is 1.90. The Hall–Kier alpha value is -0.870. The van der Waals surface area contributed by atoms with Crippen LogP contribution in [-0.4, -0.2) is 44.8 Å². The number of nitrogens with one attached hydrogen (secondary N) is 1. The quantitative estimate of drug-likeness (QED) is 0.434. The number of allylic oxidation sites excluding steroid dienone is 1. The van der Waals surface area contributed by atoms with Gasteiger partial charge in [-0.1, -0.05) is 31.9 Å². The van der Waals surface area contributed by atoms with Crippen molar-refractivity contribution in [2.24, 2.45) is 23.2 Å². The van der Waals surface area contributed by atoms with Crippen molar-refractivity contribution in [2.45, 2.75) is 64.9 Å². The number of likely N-dealkylation sites (tertiary alicyclic amines) is 1. The van der Waals surface area contributed by atoms with Crippen LogP contribution in [0.25, 0.3) is 0 Å². The molecule has 2 aliphatic heterocycles. The lowest BCUT2D eigenvalue weighted by molar-refractivity contribution is -0.917. The molecule has 4 nitrogen and oxygen atoms in total. The zero-order chi connectivity index (χ0) is 18.1. The third kappa shape index (κ3) is 3.60. The molecule has 0 aromatic carbocycles. The lowest BCUT2D eigenvalue weighted by Gasteiger charge is -2.45. The first-order valence-corrected chi connectivity index (χ1v) is 11.1. The van der Waals surface area contributed by atoms with E-state index in [2.05, 4.69) is 25.2 Å². The van der Waals surface area contributed by atoms with Crippen LogP contribution in [0.5, 0.6) is 0 Å². The van der Waals surface area contributed by atoms with Crippen LogP contribution in [-0.2, 0) is 9.53 Å². The van der Waals surface area contributed by atoms with Crippen LogP contribution in [0.2, 0.25) is 0 Å². The van der Waals surface area contributed by atoms with Gasteiger partial charge in [0.2, 0.25) is 0 Å². The molecular weight excluding hydrogens is 324 g/mol. The van der Waals surface area contributed by atoms with Gasteiger partial charge < -0.3 is 15.0 Å². The first-order valence-electron chi connectivity index (χ1n) is 11.1. The molecule has 2 aliphatic carbocycles. The molecule has 0 radical (unpaired) electrons. The summed E-state index contributed by atoms with van der Waals surface area (Å²) in [5, 5.41) is 2.38. The van der Waals surface area contributed by atoms with Gasteiger partial charge in [0.05, 0.1) is 19.6 Å². The molecule has 3 fully saturated rings. The normalized spacial score (nSPS) is 40.5. The molecule has 0 bridgehead atoms. The van der Waals surface area contributed by atoms with E-state index >= 15 is 0 Å². The van der Waals surface area contributed by atoms with Crippen molar-refractivity contribution < 1.29 is 19.7 Å².